The Balaban J connectivity index is 0. The second-order valence-electron chi connectivity index (χ2n) is 3.41. The van der Waals surface area contributed by atoms with Gasteiger partial charge >= 0.3 is 0 Å². The van der Waals surface area contributed by atoms with Crippen LogP contribution in [-0.4, -0.2) is 0 Å². The van der Waals surface area contributed by atoms with E-state index in [-0.39, 0.29) is 0 Å². The van der Waals surface area contributed by atoms with E-state index in [1.54, 1.807) is 0 Å². The van der Waals surface area contributed by atoms with Crippen molar-refractivity contribution in [3.8, 4) is 0 Å². The standard InChI is InChI=1S/2C6H14/c2*1-3-5-6-4-2/h2*3-6H2,1-2H3. The topological polar surface area (TPSA) is 0 Å². The van der Waals surface area contributed by atoms with Crippen molar-refractivity contribution >= 4 is 0 Å². The van der Waals surface area contributed by atoms with Crippen LogP contribution < -0.4 is 0 Å². The predicted molar refractivity (Wildman–Crippen MR) is 59.6 cm³/mol. The number of hydrogen-bond acceptors (Lipinski definition) is 0. The quantitative estimate of drug-likeness (QED) is 0.485. The third-order valence-corrected chi connectivity index (χ3v) is 1.91. The lowest BCUT2D eigenvalue weighted by Gasteiger charge is -1.86. The van der Waals surface area contributed by atoms with Gasteiger partial charge in [0.15, 0.2) is 0 Å². The second-order valence-corrected chi connectivity index (χ2v) is 3.41. The summed E-state index contributed by atoms with van der Waals surface area (Å²) in [5.74, 6) is 0. The summed E-state index contributed by atoms with van der Waals surface area (Å²) < 4.78 is 0. The van der Waals surface area contributed by atoms with E-state index < -0.39 is 0 Å². The van der Waals surface area contributed by atoms with Gasteiger partial charge in [-0.3, -0.25) is 0 Å². The van der Waals surface area contributed by atoms with Crippen LogP contribution in [0, 0.1) is 0 Å². The molecule has 0 fully saturated rings. The van der Waals surface area contributed by atoms with E-state index >= 15 is 0 Å². The van der Waals surface area contributed by atoms with E-state index in [0.29, 0.717) is 0 Å². The van der Waals surface area contributed by atoms with Crippen LogP contribution in [0.3, 0.4) is 0 Å². The fourth-order valence-corrected chi connectivity index (χ4v) is 1.000. The molecule has 0 heteroatoms. The van der Waals surface area contributed by atoms with Gasteiger partial charge in [0.25, 0.3) is 0 Å². The van der Waals surface area contributed by atoms with E-state index in [1.165, 1.54) is 51.4 Å². The maximum atomic E-state index is 2.23. The van der Waals surface area contributed by atoms with Gasteiger partial charge in [-0.1, -0.05) is 79.1 Å². The SMILES string of the molecule is CCCCCC.CCCCCC. The summed E-state index contributed by atoms with van der Waals surface area (Å²) in [4.78, 5) is 0. The smallest absolute Gasteiger partial charge is 0.0536 e. The van der Waals surface area contributed by atoms with Crippen molar-refractivity contribution in [3.05, 3.63) is 0 Å². The Labute approximate surface area is 79.8 Å². The lowest BCUT2D eigenvalue weighted by molar-refractivity contribution is 0.702. The molecule has 0 nitrogen and oxygen atoms in total. The Morgan fingerprint density at radius 2 is 0.583 bits per heavy atom. The van der Waals surface area contributed by atoms with E-state index in [0.717, 1.165) is 0 Å². The summed E-state index contributed by atoms with van der Waals surface area (Å²) in [5.41, 5.74) is 0. The molecule has 0 saturated carbocycles. The minimum Gasteiger partial charge on any atom is -0.0654 e. The zero-order valence-electron chi connectivity index (χ0n) is 9.66. The van der Waals surface area contributed by atoms with Gasteiger partial charge in [0.2, 0.25) is 0 Å². The van der Waals surface area contributed by atoms with Crippen LogP contribution in [0.15, 0.2) is 0 Å². The molecule has 0 amide bonds. The Hall–Kier alpha value is 0. The molecule has 0 aliphatic carbocycles. The lowest BCUT2D eigenvalue weighted by Crippen LogP contribution is -1.66. The highest BCUT2D eigenvalue weighted by molar-refractivity contribution is 4.31. The highest BCUT2D eigenvalue weighted by Crippen LogP contribution is 1.95. The van der Waals surface area contributed by atoms with Crippen LogP contribution in [-0.2, 0) is 0 Å². The van der Waals surface area contributed by atoms with Gasteiger partial charge in [-0.25, -0.2) is 0 Å². The average molecular weight is 172 g/mol. The van der Waals surface area contributed by atoms with Crippen LogP contribution >= 0.6 is 0 Å². The Morgan fingerprint density at radius 1 is 0.417 bits per heavy atom. The molecule has 0 bridgehead atoms. The Morgan fingerprint density at radius 3 is 0.667 bits per heavy atom. The molecule has 0 unspecified atom stereocenters. The largest absolute Gasteiger partial charge is 0.0654 e. The first-order valence-corrected chi connectivity index (χ1v) is 5.83. The number of unbranched alkanes of at least 4 members (excludes halogenated alkanes) is 6. The van der Waals surface area contributed by atoms with Crippen molar-refractivity contribution in [1.29, 1.82) is 0 Å². The molecule has 0 aromatic carbocycles. The van der Waals surface area contributed by atoms with E-state index in [1.807, 2.05) is 0 Å². The third kappa shape index (κ3) is 22.5. The predicted octanol–water partition coefficient (Wildman–Crippen LogP) is 5.17. The minimum atomic E-state index is 1.36. The van der Waals surface area contributed by atoms with Gasteiger partial charge in [-0.15, -0.1) is 0 Å². The third-order valence-electron chi connectivity index (χ3n) is 1.91. The van der Waals surface area contributed by atoms with Crippen molar-refractivity contribution < 1.29 is 0 Å². The summed E-state index contributed by atoms with van der Waals surface area (Å²) in [6.45, 7) is 8.93. The van der Waals surface area contributed by atoms with Crippen molar-refractivity contribution in [2.75, 3.05) is 0 Å². The summed E-state index contributed by atoms with van der Waals surface area (Å²) in [5, 5.41) is 0. The molecule has 12 heavy (non-hydrogen) atoms. The first kappa shape index (κ1) is 14.5. The van der Waals surface area contributed by atoms with Gasteiger partial charge in [0.05, 0.1) is 0 Å². The van der Waals surface area contributed by atoms with Gasteiger partial charge in [-0.2, -0.15) is 0 Å². The summed E-state index contributed by atoms with van der Waals surface area (Å²) in [6.07, 6.45) is 11.1. The highest BCUT2D eigenvalue weighted by atomic mass is 13.8. The highest BCUT2D eigenvalue weighted by Gasteiger charge is 1.75. The Kier molecular flexibility index (Phi) is 20.8. The zero-order chi connectivity index (χ0) is 9.66. The fourth-order valence-electron chi connectivity index (χ4n) is 1.000. The van der Waals surface area contributed by atoms with Crippen LogP contribution in [0.4, 0.5) is 0 Å². The molecule has 0 aromatic heterocycles. The molecule has 76 valence electrons. The van der Waals surface area contributed by atoms with Gasteiger partial charge < -0.3 is 0 Å². The zero-order valence-corrected chi connectivity index (χ0v) is 9.66. The van der Waals surface area contributed by atoms with Gasteiger partial charge in [0, 0.05) is 0 Å². The maximum Gasteiger partial charge on any atom is -0.0536 e. The van der Waals surface area contributed by atoms with Crippen molar-refractivity contribution in [3.63, 3.8) is 0 Å². The molecule has 0 rings (SSSR count). The molecule has 0 radical (unpaired) electrons. The average Bonchev–Trinajstić information content (AvgIpc) is 2.12. The van der Waals surface area contributed by atoms with Crippen LogP contribution in [0.5, 0.6) is 0 Å². The van der Waals surface area contributed by atoms with E-state index in [4.69, 9.17) is 0 Å². The first-order chi connectivity index (χ1) is 5.83. The van der Waals surface area contributed by atoms with Crippen LogP contribution in [0.1, 0.15) is 79.1 Å². The molecule has 0 aromatic rings. The molecular formula is C12H28. The molecule has 0 aliphatic heterocycles. The molecule has 0 spiro atoms. The maximum absolute atomic E-state index is 2.23. The minimum absolute atomic E-state index is 1.36. The molecule has 0 heterocycles. The molecule has 0 saturated heterocycles. The van der Waals surface area contributed by atoms with Crippen LogP contribution in [0.25, 0.3) is 0 Å². The Bertz CT molecular complexity index is 32.0. The second kappa shape index (κ2) is 17.2. The van der Waals surface area contributed by atoms with Gasteiger partial charge in [-0.05, 0) is 0 Å². The first-order valence-electron chi connectivity index (χ1n) is 5.83. The summed E-state index contributed by atoms with van der Waals surface area (Å²) in [6, 6.07) is 0. The van der Waals surface area contributed by atoms with Crippen LogP contribution in [0.2, 0.25) is 0 Å². The summed E-state index contributed by atoms with van der Waals surface area (Å²) in [7, 11) is 0. The fraction of sp³-hybridized carbons (Fsp3) is 1.00. The lowest BCUT2D eigenvalue weighted by atomic mass is 10.2. The normalized spacial score (nSPS) is 9.00. The van der Waals surface area contributed by atoms with E-state index in [9.17, 15) is 0 Å². The van der Waals surface area contributed by atoms with Gasteiger partial charge in [0.1, 0.15) is 0 Å². The number of rotatable bonds is 6. The van der Waals surface area contributed by atoms with E-state index in [2.05, 4.69) is 27.7 Å². The molecule has 0 aliphatic rings. The van der Waals surface area contributed by atoms with Crippen molar-refractivity contribution in [2.45, 2.75) is 79.1 Å². The summed E-state index contributed by atoms with van der Waals surface area (Å²) >= 11 is 0. The van der Waals surface area contributed by atoms with Crippen molar-refractivity contribution in [2.24, 2.45) is 0 Å². The monoisotopic (exact) mass is 172 g/mol. The molecular weight excluding hydrogens is 144 g/mol. The number of hydrogen-bond donors (Lipinski definition) is 0. The van der Waals surface area contributed by atoms with Crippen molar-refractivity contribution in [1.82, 2.24) is 0 Å². The molecule has 0 N–H and O–H groups in total. The molecule has 0 atom stereocenters.